The van der Waals surface area contributed by atoms with Crippen LogP contribution in [0.2, 0.25) is 0 Å². The zero-order valence-corrected chi connectivity index (χ0v) is 10.7. The van der Waals surface area contributed by atoms with Crippen molar-refractivity contribution in [2.24, 2.45) is 5.73 Å². The highest BCUT2D eigenvalue weighted by Crippen LogP contribution is 2.26. The molecule has 2 aromatic rings. The third-order valence-electron chi connectivity index (χ3n) is 3.20. The Morgan fingerprint density at radius 3 is 2.56 bits per heavy atom. The molecule has 0 radical (unpaired) electrons. The summed E-state index contributed by atoms with van der Waals surface area (Å²) in [4.78, 5) is 11.1. The molecule has 0 saturated heterocycles. The average molecular weight is 239 g/mol. The van der Waals surface area contributed by atoms with Gasteiger partial charge in [-0.3, -0.25) is 4.79 Å². The molecule has 1 atom stereocenters. The van der Waals surface area contributed by atoms with E-state index >= 15 is 0 Å². The Hall–Kier alpha value is -2.09. The fraction of sp³-hybridized carbons (Fsp3) is 0.188. The Morgan fingerprint density at radius 1 is 1.17 bits per heavy atom. The lowest BCUT2D eigenvalue weighted by molar-refractivity contribution is -0.114. The number of allylic oxidation sites excluding steroid dienone is 1. The Bertz CT molecular complexity index is 608. The van der Waals surface area contributed by atoms with Gasteiger partial charge in [-0.25, -0.2) is 0 Å². The molecule has 2 N–H and O–H groups in total. The molecule has 2 rings (SSSR count). The maximum absolute atomic E-state index is 11.1. The van der Waals surface area contributed by atoms with Crippen LogP contribution in [-0.2, 0) is 4.79 Å². The topological polar surface area (TPSA) is 43.1 Å². The minimum atomic E-state index is -0.359. The summed E-state index contributed by atoms with van der Waals surface area (Å²) < 4.78 is 0. The molecule has 0 aromatic heterocycles. The molecule has 2 heteroatoms. The van der Waals surface area contributed by atoms with E-state index in [0.29, 0.717) is 5.57 Å². The van der Waals surface area contributed by atoms with Crippen LogP contribution in [0.15, 0.2) is 54.1 Å². The van der Waals surface area contributed by atoms with Crippen molar-refractivity contribution in [1.82, 2.24) is 0 Å². The van der Waals surface area contributed by atoms with E-state index in [0.717, 1.165) is 0 Å². The molecule has 0 heterocycles. The first-order chi connectivity index (χ1) is 8.59. The van der Waals surface area contributed by atoms with Crippen LogP contribution in [0, 0.1) is 0 Å². The number of primary amides is 1. The fourth-order valence-corrected chi connectivity index (χ4v) is 2.19. The van der Waals surface area contributed by atoms with Crippen molar-refractivity contribution in [2.75, 3.05) is 0 Å². The summed E-state index contributed by atoms with van der Waals surface area (Å²) >= 11 is 0. The molecule has 92 valence electrons. The number of rotatable bonds is 3. The second kappa shape index (κ2) is 5.05. The van der Waals surface area contributed by atoms with E-state index in [9.17, 15) is 4.79 Å². The van der Waals surface area contributed by atoms with Crippen LogP contribution in [0.3, 0.4) is 0 Å². The molecule has 1 amide bonds. The van der Waals surface area contributed by atoms with Gasteiger partial charge in [-0.05, 0) is 23.3 Å². The lowest BCUT2D eigenvalue weighted by Crippen LogP contribution is -2.12. The summed E-state index contributed by atoms with van der Waals surface area (Å²) in [7, 11) is 0. The first kappa shape index (κ1) is 12.4. The SMILES string of the molecule is C/C(=C\C(C)c1cccc2ccccc12)C(N)=O. The maximum Gasteiger partial charge on any atom is 0.244 e. The minimum absolute atomic E-state index is 0.170. The van der Waals surface area contributed by atoms with Gasteiger partial charge in [-0.15, -0.1) is 0 Å². The zero-order valence-electron chi connectivity index (χ0n) is 10.7. The van der Waals surface area contributed by atoms with Crippen LogP contribution in [0.25, 0.3) is 10.8 Å². The summed E-state index contributed by atoms with van der Waals surface area (Å²) in [5.74, 6) is -0.189. The molecular formula is C16H17NO. The van der Waals surface area contributed by atoms with Gasteiger partial charge in [0.1, 0.15) is 0 Å². The highest BCUT2D eigenvalue weighted by atomic mass is 16.1. The minimum Gasteiger partial charge on any atom is -0.366 e. The lowest BCUT2D eigenvalue weighted by Gasteiger charge is -2.11. The molecule has 2 nitrogen and oxygen atoms in total. The second-order valence-corrected chi connectivity index (χ2v) is 4.57. The van der Waals surface area contributed by atoms with Crippen LogP contribution < -0.4 is 5.73 Å². The first-order valence-corrected chi connectivity index (χ1v) is 6.05. The van der Waals surface area contributed by atoms with E-state index < -0.39 is 0 Å². The Morgan fingerprint density at radius 2 is 1.83 bits per heavy atom. The summed E-state index contributed by atoms with van der Waals surface area (Å²) in [6.45, 7) is 3.83. The zero-order chi connectivity index (χ0) is 13.1. The average Bonchev–Trinajstić information content (AvgIpc) is 2.37. The van der Waals surface area contributed by atoms with Crippen LogP contribution in [-0.4, -0.2) is 5.91 Å². The summed E-state index contributed by atoms with van der Waals surface area (Å²) in [5, 5.41) is 2.44. The van der Waals surface area contributed by atoms with Crippen molar-refractivity contribution >= 4 is 16.7 Å². The van der Waals surface area contributed by atoms with E-state index in [2.05, 4.69) is 31.2 Å². The van der Waals surface area contributed by atoms with Crippen molar-refractivity contribution in [3.8, 4) is 0 Å². The Balaban J connectivity index is 2.48. The van der Waals surface area contributed by atoms with E-state index in [1.54, 1.807) is 6.92 Å². The van der Waals surface area contributed by atoms with E-state index in [4.69, 9.17) is 5.73 Å². The second-order valence-electron chi connectivity index (χ2n) is 4.57. The van der Waals surface area contributed by atoms with Crippen molar-refractivity contribution in [3.63, 3.8) is 0 Å². The van der Waals surface area contributed by atoms with E-state index in [1.807, 2.05) is 24.3 Å². The maximum atomic E-state index is 11.1. The number of hydrogen-bond acceptors (Lipinski definition) is 1. The number of amides is 1. The number of benzene rings is 2. The van der Waals surface area contributed by atoms with Gasteiger partial charge in [0, 0.05) is 11.5 Å². The number of fused-ring (bicyclic) bond motifs is 1. The van der Waals surface area contributed by atoms with Crippen molar-refractivity contribution in [2.45, 2.75) is 19.8 Å². The summed E-state index contributed by atoms with van der Waals surface area (Å²) in [6, 6.07) is 14.5. The smallest absolute Gasteiger partial charge is 0.244 e. The molecule has 0 saturated carbocycles. The van der Waals surface area contributed by atoms with Gasteiger partial charge in [-0.2, -0.15) is 0 Å². The summed E-state index contributed by atoms with van der Waals surface area (Å²) in [5.41, 5.74) is 7.09. The van der Waals surface area contributed by atoms with Crippen molar-refractivity contribution < 1.29 is 4.79 Å². The number of nitrogens with two attached hydrogens (primary N) is 1. The lowest BCUT2D eigenvalue weighted by atomic mass is 9.93. The highest BCUT2D eigenvalue weighted by Gasteiger charge is 2.08. The Labute approximate surface area is 107 Å². The predicted molar refractivity (Wildman–Crippen MR) is 75.3 cm³/mol. The summed E-state index contributed by atoms with van der Waals surface area (Å²) in [6.07, 6.45) is 1.92. The van der Waals surface area contributed by atoms with Crippen molar-refractivity contribution in [3.05, 3.63) is 59.7 Å². The number of hydrogen-bond donors (Lipinski definition) is 1. The number of carbonyl (C=O) groups is 1. The molecular weight excluding hydrogens is 222 g/mol. The molecule has 0 fully saturated rings. The molecule has 0 aliphatic heterocycles. The van der Waals surface area contributed by atoms with Gasteiger partial charge < -0.3 is 5.73 Å². The van der Waals surface area contributed by atoms with E-state index in [-0.39, 0.29) is 11.8 Å². The van der Waals surface area contributed by atoms with Gasteiger partial charge in [0.05, 0.1) is 0 Å². The third-order valence-corrected chi connectivity index (χ3v) is 3.20. The molecule has 0 aliphatic carbocycles. The molecule has 0 bridgehead atoms. The number of carbonyl (C=O) groups excluding carboxylic acids is 1. The molecule has 0 aliphatic rings. The van der Waals surface area contributed by atoms with Gasteiger partial charge in [0.25, 0.3) is 0 Å². The third kappa shape index (κ3) is 2.43. The van der Waals surface area contributed by atoms with E-state index in [1.165, 1.54) is 16.3 Å². The highest BCUT2D eigenvalue weighted by molar-refractivity contribution is 5.92. The van der Waals surface area contributed by atoms with Gasteiger partial charge >= 0.3 is 0 Å². The van der Waals surface area contributed by atoms with Gasteiger partial charge in [-0.1, -0.05) is 55.5 Å². The molecule has 18 heavy (non-hydrogen) atoms. The standard InChI is InChI=1S/C16H17NO/c1-11(10-12(2)16(17)18)14-9-5-7-13-6-3-4-8-15(13)14/h3-11H,1-2H3,(H2,17,18)/b12-10+. The first-order valence-electron chi connectivity index (χ1n) is 6.05. The fourth-order valence-electron chi connectivity index (χ4n) is 2.19. The van der Waals surface area contributed by atoms with Gasteiger partial charge in [0.2, 0.25) is 5.91 Å². The monoisotopic (exact) mass is 239 g/mol. The Kier molecular flexibility index (Phi) is 3.47. The van der Waals surface area contributed by atoms with Crippen LogP contribution in [0.1, 0.15) is 25.3 Å². The molecule has 0 spiro atoms. The predicted octanol–water partition coefficient (Wildman–Crippen LogP) is 3.37. The molecule has 2 aromatic carbocycles. The van der Waals surface area contributed by atoms with Crippen LogP contribution >= 0.6 is 0 Å². The van der Waals surface area contributed by atoms with Crippen LogP contribution in [0.5, 0.6) is 0 Å². The largest absolute Gasteiger partial charge is 0.366 e. The normalized spacial score (nSPS) is 13.6. The quantitative estimate of drug-likeness (QED) is 0.820. The van der Waals surface area contributed by atoms with Crippen LogP contribution in [0.4, 0.5) is 0 Å². The molecule has 1 unspecified atom stereocenters. The van der Waals surface area contributed by atoms with Gasteiger partial charge in [0.15, 0.2) is 0 Å². The van der Waals surface area contributed by atoms with Crippen molar-refractivity contribution in [1.29, 1.82) is 0 Å².